The molecule has 0 aromatic rings. The Bertz CT molecular complexity index is 111. The molecule has 2 atom stereocenters. The summed E-state index contributed by atoms with van der Waals surface area (Å²) < 4.78 is 5.51. The molecule has 1 fully saturated rings. The van der Waals surface area contributed by atoms with Crippen LogP contribution in [0.4, 0.5) is 0 Å². The van der Waals surface area contributed by atoms with Gasteiger partial charge in [0.2, 0.25) is 0 Å². The topological polar surface area (TPSA) is 47.3 Å². The van der Waals surface area contributed by atoms with Gasteiger partial charge in [-0.05, 0) is 5.92 Å². The van der Waals surface area contributed by atoms with E-state index in [9.17, 15) is 0 Å². The molecule has 3 heteroatoms. The minimum atomic E-state index is 0.169. The second-order valence-electron chi connectivity index (χ2n) is 3.43. The van der Waals surface area contributed by atoms with Crippen molar-refractivity contribution in [3.63, 3.8) is 0 Å². The number of ether oxygens (including phenoxy) is 1. The molecule has 66 valence electrons. The predicted octanol–water partition coefficient (Wildman–Crippen LogP) is -0.0419. The Morgan fingerprint density at radius 2 is 2.27 bits per heavy atom. The molecule has 3 nitrogen and oxygen atoms in total. The third kappa shape index (κ3) is 2.43. The number of rotatable bonds is 2. The molecule has 0 saturated carbocycles. The van der Waals surface area contributed by atoms with Crippen molar-refractivity contribution >= 4 is 0 Å². The Morgan fingerprint density at radius 1 is 1.55 bits per heavy atom. The zero-order chi connectivity index (χ0) is 8.27. The second-order valence-corrected chi connectivity index (χ2v) is 3.43. The van der Waals surface area contributed by atoms with Crippen molar-refractivity contribution in [3.05, 3.63) is 0 Å². The lowest BCUT2D eigenvalue weighted by Gasteiger charge is -2.30. The summed E-state index contributed by atoms with van der Waals surface area (Å²) in [6, 6.07) is 0.169. The van der Waals surface area contributed by atoms with E-state index in [1.54, 1.807) is 0 Å². The van der Waals surface area contributed by atoms with Crippen LogP contribution in [0.15, 0.2) is 0 Å². The van der Waals surface area contributed by atoms with Crippen LogP contribution in [0.5, 0.6) is 0 Å². The fraction of sp³-hybridized carbons (Fsp3) is 1.00. The number of hydrogen-bond donors (Lipinski definition) is 2. The fourth-order valence-corrected chi connectivity index (χ4v) is 1.26. The molecule has 0 aliphatic carbocycles. The van der Waals surface area contributed by atoms with Crippen molar-refractivity contribution in [2.45, 2.75) is 26.0 Å². The summed E-state index contributed by atoms with van der Waals surface area (Å²) in [5, 5.41) is 3.27. The van der Waals surface area contributed by atoms with Gasteiger partial charge < -0.3 is 15.8 Å². The van der Waals surface area contributed by atoms with Gasteiger partial charge in [-0.1, -0.05) is 13.8 Å². The Labute approximate surface area is 68.3 Å². The normalized spacial score (nSPS) is 28.9. The highest BCUT2D eigenvalue weighted by molar-refractivity contribution is 4.80. The van der Waals surface area contributed by atoms with Crippen LogP contribution in [-0.4, -0.2) is 31.8 Å². The monoisotopic (exact) mass is 158 g/mol. The maximum absolute atomic E-state index is 5.93. The van der Waals surface area contributed by atoms with E-state index in [2.05, 4.69) is 19.2 Å². The number of nitrogens with two attached hydrogens (primary N) is 1. The maximum Gasteiger partial charge on any atom is 0.0853 e. The molecular formula is C8H18N2O. The number of morpholine rings is 1. The van der Waals surface area contributed by atoms with Crippen molar-refractivity contribution in [1.29, 1.82) is 0 Å². The molecule has 0 radical (unpaired) electrons. The van der Waals surface area contributed by atoms with E-state index >= 15 is 0 Å². The van der Waals surface area contributed by atoms with E-state index in [-0.39, 0.29) is 12.1 Å². The Kier molecular flexibility index (Phi) is 3.30. The van der Waals surface area contributed by atoms with Gasteiger partial charge in [0, 0.05) is 19.1 Å². The Balaban J connectivity index is 2.32. The summed E-state index contributed by atoms with van der Waals surface area (Å²) in [4.78, 5) is 0. The first kappa shape index (κ1) is 8.97. The maximum atomic E-state index is 5.93. The molecule has 0 amide bonds. The summed E-state index contributed by atoms with van der Waals surface area (Å²) in [6.45, 7) is 6.91. The zero-order valence-corrected chi connectivity index (χ0v) is 7.34. The van der Waals surface area contributed by atoms with Crippen molar-refractivity contribution in [2.24, 2.45) is 11.7 Å². The highest BCUT2D eigenvalue weighted by atomic mass is 16.5. The lowest BCUT2D eigenvalue weighted by molar-refractivity contribution is 0.00349. The van der Waals surface area contributed by atoms with Crippen LogP contribution < -0.4 is 11.1 Å². The van der Waals surface area contributed by atoms with Crippen molar-refractivity contribution in [1.82, 2.24) is 5.32 Å². The fourth-order valence-electron chi connectivity index (χ4n) is 1.26. The van der Waals surface area contributed by atoms with Crippen LogP contribution in [-0.2, 0) is 4.74 Å². The minimum absolute atomic E-state index is 0.169. The largest absolute Gasteiger partial charge is 0.374 e. The summed E-state index contributed by atoms with van der Waals surface area (Å²) in [7, 11) is 0. The second kappa shape index (κ2) is 4.04. The molecule has 0 bridgehead atoms. The lowest BCUT2D eigenvalue weighted by Crippen LogP contribution is -2.50. The molecule has 0 spiro atoms. The van der Waals surface area contributed by atoms with Crippen LogP contribution in [0.1, 0.15) is 13.8 Å². The van der Waals surface area contributed by atoms with Gasteiger partial charge in [-0.3, -0.25) is 0 Å². The smallest absolute Gasteiger partial charge is 0.0853 e. The van der Waals surface area contributed by atoms with E-state index in [0.29, 0.717) is 5.92 Å². The van der Waals surface area contributed by atoms with Crippen LogP contribution in [0, 0.1) is 5.92 Å². The lowest BCUT2D eigenvalue weighted by atomic mass is 9.99. The molecular weight excluding hydrogens is 140 g/mol. The SMILES string of the molecule is CC(C)C(N)C1CNCCO1. The zero-order valence-electron chi connectivity index (χ0n) is 7.34. The van der Waals surface area contributed by atoms with Crippen molar-refractivity contribution in [3.8, 4) is 0 Å². The molecule has 1 rings (SSSR count). The van der Waals surface area contributed by atoms with Gasteiger partial charge in [0.15, 0.2) is 0 Å². The number of nitrogens with one attached hydrogen (secondary N) is 1. The first-order chi connectivity index (χ1) is 5.22. The van der Waals surface area contributed by atoms with Gasteiger partial charge in [0.05, 0.1) is 12.7 Å². The minimum Gasteiger partial charge on any atom is -0.374 e. The van der Waals surface area contributed by atoms with Crippen LogP contribution in [0.3, 0.4) is 0 Å². The van der Waals surface area contributed by atoms with Crippen LogP contribution >= 0.6 is 0 Å². The van der Waals surface area contributed by atoms with Gasteiger partial charge in [-0.15, -0.1) is 0 Å². The van der Waals surface area contributed by atoms with E-state index in [1.165, 1.54) is 0 Å². The van der Waals surface area contributed by atoms with Crippen molar-refractivity contribution in [2.75, 3.05) is 19.7 Å². The van der Waals surface area contributed by atoms with E-state index in [0.717, 1.165) is 19.7 Å². The summed E-state index contributed by atoms with van der Waals surface area (Å²) in [5.41, 5.74) is 5.93. The van der Waals surface area contributed by atoms with E-state index in [4.69, 9.17) is 10.5 Å². The van der Waals surface area contributed by atoms with E-state index in [1.807, 2.05) is 0 Å². The van der Waals surface area contributed by atoms with Crippen LogP contribution in [0.25, 0.3) is 0 Å². The van der Waals surface area contributed by atoms with Crippen molar-refractivity contribution < 1.29 is 4.74 Å². The molecule has 1 aliphatic rings. The Hall–Kier alpha value is -0.120. The quantitative estimate of drug-likeness (QED) is 0.592. The Morgan fingerprint density at radius 3 is 2.73 bits per heavy atom. The van der Waals surface area contributed by atoms with E-state index < -0.39 is 0 Å². The average Bonchev–Trinajstić information content (AvgIpc) is 2.05. The molecule has 1 heterocycles. The van der Waals surface area contributed by atoms with Gasteiger partial charge in [-0.25, -0.2) is 0 Å². The van der Waals surface area contributed by atoms with Gasteiger partial charge in [-0.2, -0.15) is 0 Å². The van der Waals surface area contributed by atoms with Gasteiger partial charge >= 0.3 is 0 Å². The molecule has 0 aromatic heterocycles. The number of hydrogen-bond acceptors (Lipinski definition) is 3. The third-order valence-electron chi connectivity index (χ3n) is 2.16. The standard InChI is InChI=1S/C8H18N2O/c1-6(2)8(9)7-5-10-3-4-11-7/h6-8,10H,3-5,9H2,1-2H3. The average molecular weight is 158 g/mol. The first-order valence-electron chi connectivity index (χ1n) is 4.29. The molecule has 0 aromatic carbocycles. The molecule has 1 saturated heterocycles. The van der Waals surface area contributed by atoms with Gasteiger partial charge in [0.25, 0.3) is 0 Å². The molecule has 1 aliphatic heterocycles. The van der Waals surface area contributed by atoms with Gasteiger partial charge in [0.1, 0.15) is 0 Å². The first-order valence-corrected chi connectivity index (χ1v) is 4.29. The molecule has 3 N–H and O–H groups in total. The summed E-state index contributed by atoms with van der Waals surface area (Å²) in [6.07, 6.45) is 0.212. The predicted molar refractivity (Wildman–Crippen MR) is 45.4 cm³/mol. The summed E-state index contributed by atoms with van der Waals surface area (Å²) in [5.74, 6) is 0.500. The highest BCUT2D eigenvalue weighted by Gasteiger charge is 2.22. The third-order valence-corrected chi connectivity index (χ3v) is 2.16. The molecule has 11 heavy (non-hydrogen) atoms. The van der Waals surface area contributed by atoms with Crippen LogP contribution in [0.2, 0.25) is 0 Å². The highest BCUT2D eigenvalue weighted by Crippen LogP contribution is 2.08. The molecule has 2 unspecified atom stereocenters. The summed E-state index contributed by atoms with van der Waals surface area (Å²) >= 11 is 0.